The van der Waals surface area contributed by atoms with E-state index in [2.05, 4.69) is 15.3 Å². The molecule has 0 spiro atoms. The summed E-state index contributed by atoms with van der Waals surface area (Å²) < 4.78 is 13.3. The topological polar surface area (TPSA) is 54.9 Å². The minimum Gasteiger partial charge on any atom is -0.298 e. The van der Waals surface area contributed by atoms with Gasteiger partial charge in [0.25, 0.3) is 5.91 Å². The van der Waals surface area contributed by atoms with Crippen molar-refractivity contribution in [1.29, 1.82) is 0 Å². The molecule has 2 aromatic heterocycles. The second-order valence-corrected chi connectivity index (χ2v) is 5.94. The predicted molar refractivity (Wildman–Crippen MR) is 81.2 cm³/mol. The van der Waals surface area contributed by atoms with Crippen LogP contribution in [0, 0.1) is 19.7 Å². The lowest BCUT2D eigenvalue weighted by Gasteiger charge is -2.07. The van der Waals surface area contributed by atoms with Crippen LogP contribution in [0.1, 0.15) is 20.9 Å². The third-order valence-corrected chi connectivity index (χ3v) is 3.81. The number of halogens is 1. The highest BCUT2D eigenvalue weighted by molar-refractivity contribution is 7.15. The molecule has 0 aliphatic carbocycles. The summed E-state index contributed by atoms with van der Waals surface area (Å²) in [6.07, 6.45) is 1.70. The summed E-state index contributed by atoms with van der Waals surface area (Å²) in [5, 5.41) is 3.92. The zero-order valence-electron chi connectivity index (χ0n) is 11.5. The van der Waals surface area contributed by atoms with E-state index in [-0.39, 0.29) is 11.7 Å². The van der Waals surface area contributed by atoms with Crippen LogP contribution in [0.5, 0.6) is 0 Å². The van der Waals surface area contributed by atoms with Gasteiger partial charge < -0.3 is 0 Å². The van der Waals surface area contributed by atoms with Crippen LogP contribution in [0.15, 0.2) is 30.5 Å². The maximum Gasteiger partial charge on any atom is 0.258 e. The Morgan fingerprint density at radius 1 is 1.29 bits per heavy atom. The van der Waals surface area contributed by atoms with E-state index >= 15 is 0 Å². The van der Waals surface area contributed by atoms with E-state index in [0.29, 0.717) is 27.3 Å². The molecule has 2 heterocycles. The van der Waals surface area contributed by atoms with Gasteiger partial charge in [0.1, 0.15) is 5.82 Å². The van der Waals surface area contributed by atoms with Crippen LogP contribution in [-0.4, -0.2) is 15.9 Å². The molecule has 0 saturated carbocycles. The van der Waals surface area contributed by atoms with Crippen LogP contribution < -0.4 is 5.32 Å². The third-order valence-electron chi connectivity index (χ3n) is 2.99. The number of anilines is 1. The Morgan fingerprint density at radius 2 is 2.10 bits per heavy atom. The third kappa shape index (κ3) is 2.75. The first kappa shape index (κ1) is 13.6. The number of thiazole rings is 1. The summed E-state index contributed by atoms with van der Waals surface area (Å²) >= 11 is 1.40. The monoisotopic (exact) mass is 301 g/mol. The Bertz CT molecular complexity index is 839. The van der Waals surface area contributed by atoms with Crippen molar-refractivity contribution >= 4 is 33.3 Å². The van der Waals surface area contributed by atoms with Gasteiger partial charge in [-0.2, -0.15) is 0 Å². The Morgan fingerprint density at radius 3 is 2.81 bits per heavy atom. The molecule has 106 valence electrons. The molecule has 1 aromatic carbocycles. The highest BCUT2D eigenvalue weighted by atomic mass is 32.1. The quantitative estimate of drug-likeness (QED) is 0.785. The van der Waals surface area contributed by atoms with Gasteiger partial charge in [-0.05, 0) is 32.0 Å². The molecule has 0 aliphatic heterocycles. The maximum atomic E-state index is 13.3. The number of benzene rings is 1. The van der Waals surface area contributed by atoms with Crippen molar-refractivity contribution in [2.24, 2.45) is 0 Å². The molecular formula is C15H12FN3OS. The molecule has 0 atom stereocenters. The second kappa shape index (κ2) is 5.21. The van der Waals surface area contributed by atoms with Gasteiger partial charge in [0.15, 0.2) is 5.13 Å². The fourth-order valence-corrected chi connectivity index (χ4v) is 2.76. The molecule has 3 aromatic rings. The summed E-state index contributed by atoms with van der Waals surface area (Å²) in [5.41, 5.74) is 1.59. The molecule has 3 rings (SSSR count). The van der Waals surface area contributed by atoms with Gasteiger partial charge in [-0.25, -0.2) is 9.37 Å². The van der Waals surface area contributed by atoms with Gasteiger partial charge in [-0.1, -0.05) is 0 Å². The van der Waals surface area contributed by atoms with Gasteiger partial charge in [0.05, 0.1) is 11.1 Å². The zero-order chi connectivity index (χ0) is 15.0. The number of pyridine rings is 1. The molecule has 0 saturated heterocycles. The number of carbonyl (C=O) groups excluding carboxylic acids is 1. The van der Waals surface area contributed by atoms with Crippen LogP contribution in [-0.2, 0) is 0 Å². The van der Waals surface area contributed by atoms with Crippen LogP contribution in [0.2, 0.25) is 0 Å². The number of aryl methyl sites for hydroxylation is 2. The van der Waals surface area contributed by atoms with E-state index in [0.717, 1.165) is 4.88 Å². The lowest BCUT2D eigenvalue weighted by atomic mass is 10.1. The second-order valence-electron chi connectivity index (χ2n) is 4.70. The lowest BCUT2D eigenvalue weighted by Crippen LogP contribution is -2.13. The van der Waals surface area contributed by atoms with Crippen molar-refractivity contribution in [2.45, 2.75) is 13.8 Å². The maximum absolute atomic E-state index is 13.3. The van der Waals surface area contributed by atoms with Crippen LogP contribution in [0.3, 0.4) is 0 Å². The highest BCUT2D eigenvalue weighted by Gasteiger charge is 2.14. The van der Waals surface area contributed by atoms with Crippen molar-refractivity contribution in [3.05, 3.63) is 52.4 Å². The summed E-state index contributed by atoms with van der Waals surface area (Å²) in [7, 11) is 0. The first-order chi connectivity index (χ1) is 10.0. The summed E-state index contributed by atoms with van der Waals surface area (Å²) in [4.78, 5) is 21.8. The number of fused-ring (bicyclic) bond motifs is 1. The molecule has 21 heavy (non-hydrogen) atoms. The molecule has 6 heteroatoms. The van der Waals surface area contributed by atoms with E-state index in [4.69, 9.17) is 0 Å². The summed E-state index contributed by atoms with van der Waals surface area (Å²) in [6, 6.07) is 5.91. The first-order valence-corrected chi connectivity index (χ1v) is 7.15. The van der Waals surface area contributed by atoms with Crippen LogP contribution in [0.4, 0.5) is 9.52 Å². The molecule has 4 nitrogen and oxygen atoms in total. The number of rotatable bonds is 2. The van der Waals surface area contributed by atoms with E-state index in [1.807, 2.05) is 6.92 Å². The van der Waals surface area contributed by atoms with Crippen molar-refractivity contribution in [3.8, 4) is 0 Å². The number of hydrogen-bond acceptors (Lipinski definition) is 4. The number of carbonyl (C=O) groups is 1. The number of nitrogens with zero attached hydrogens (tertiary/aromatic N) is 2. The molecule has 0 bridgehead atoms. The smallest absolute Gasteiger partial charge is 0.258 e. The average molecular weight is 301 g/mol. The molecular weight excluding hydrogens is 289 g/mol. The molecule has 0 fully saturated rings. The minimum atomic E-state index is -0.373. The SMILES string of the molecule is Cc1cc(C(=O)Nc2ncc(C)s2)c2ccc(F)cc2n1. The highest BCUT2D eigenvalue weighted by Crippen LogP contribution is 2.22. The van der Waals surface area contributed by atoms with Gasteiger partial charge >= 0.3 is 0 Å². The molecule has 0 radical (unpaired) electrons. The fourth-order valence-electron chi connectivity index (χ4n) is 2.10. The standard InChI is InChI=1S/C15H12FN3OS/c1-8-5-12(11-4-3-10(16)6-13(11)18-8)14(20)19-15-17-7-9(2)21-15/h3-7H,1-2H3,(H,17,19,20). The van der Waals surface area contributed by atoms with E-state index in [1.54, 1.807) is 25.3 Å². The summed E-state index contributed by atoms with van der Waals surface area (Å²) in [6.45, 7) is 3.69. The first-order valence-electron chi connectivity index (χ1n) is 6.33. The van der Waals surface area contributed by atoms with Gasteiger partial charge in [-0.15, -0.1) is 11.3 Å². The Labute approximate surface area is 124 Å². The number of aromatic nitrogens is 2. The average Bonchev–Trinajstić information content (AvgIpc) is 2.82. The number of nitrogens with one attached hydrogen (secondary N) is 1. The lowest BCUT2D eigenvalue weighted by molar-refractivity contribution is 0.102. The van der Waals surface area contributed by atoms with E-state index in [1.165, 1.54) is 23.5 Å². The molecule has 0 unspecified atom stereocenters. The van der Waals surface area contributed by atoms with Crippen molar-refractivity contribution in [3.63, 3.8) is 0 Å². The summed E-state index contributed by atoms with van der Waals surface area (Å²) in [5.74, 6) is -0.644. The van der Waals surface area contributed by atoms with Crippen LogP contribution >= 0.6 is 11.3 Å². The van der Waals surface area contributed by atoms with Crippen molar-refractivity contribution in [1.82, 2.24) is 9.97 Å². The van der Waals surface area contributed by atoms with Crippen molar-refractivity contribution < 1.29 is 9.18 Å². The fraction of sp³-hybridized carbons (Fsp3) is 0.133. The minimum absolute atomic E-state index is 0.272. The molecule has 0 aliphatic rings. The van der Waals surface area contributed by atoms with E-state index < -0.39 is 0 Å². The Balaban J connectivity index is 2.04. The van der Waals surface area contributed by atoms with Gasteiger partial charge in [0.2, 0.25) is 0 Å². The number of hydrogen-bond donors (Lipinski definition) is 1. The van der Waals surface area contributed by atoms with Gasteiger partial charge in [-0.3, -0.25) is 15.1 Å². The Hall–Kier alpha value is -2.34. The van der Waals surface area contributed by atoms with Crippen LogP contribution in [0.25, 0.3) is 10.9 Å². The zero-order valence-corrected chi connectivity index (χ0v) is 12.3. The number of amides is 1. The Kier molecular flexibility index (Phi) is 3.39. The molecule has 1 amide bonds. The normalized spacial score (nSPS) is 10.8. The molecule has 1 N–H and O–H groups in total. The predicted octanol–water partition coefficient (Wildman–Crippen LogP) is 3.70. The van der Waals surface area contributed by atoms with E-state index in [9.17, 15) is 9.18 Å². The largest absolute Gasteiger partial charge is 0.298 e. The van der Waals surface area contributed by atoms with Gasteiger partial charge in [0, 0.05) is 28.2 Å². The van der Waals surface area contributed by atoms with Crippen molar-refractivity contribution in [2.75, 3.05) is 5.32 Å².